The molecule has 1 amide bonds. The SMILES string of the molecule is C[C@@H](OC(=O)/C=C/c1ccccc1Br)C(=O)Nc1ccc(F)c(F)c1. The summed E-state index contributed by atoms with van der Waals surface area (Å²) in [4.78, 5) is 23.7. The fourth-order valence-electron chi connectivity index (χ4n) is 1.85. The molecule has 2 rings (SSSR count). The lowest BCUT2D eigenvalue weighted by molar-refractivity contribution is -0.148. The maximum Gasteiger partial charge on any atom is 0.331 e. The van der Waals surface area contributed by atoms with Crippen molar-refractivity contribution < 1.29 is 23.1 Å². The molecule has 0 saturated heterocycles. The lowest BCUT2D eigenvalue weighted by Gasteiger charge is -2.12. The molecule has 0 fully saturated rings. The predicted molar refractivity (Wildman–Crippen MR) is 93.7 cm³/mol. The van der Waals surface area contributed by atoms with Gasteiger partial charge in [-0.15, -0.1) is 0 Å². The van der Waals surface area contributed by atoms with Gasteiger partial charge in [-0.3, -0.25) is 4.79 Å². The van der Waals surface area contributed by atoms with E-state index in [9.17, 15) is 18.4 Å². The highest BCUT2D eigenvalue weighted by Crippen LogP contribution is 2.17. The number of carbonyl (C=O) groups excluding carboxylic acids is 2. The second kappa shape index (κ2) is 8.53. The number of amides is 1. The van der Waals surface area contributed by atoms with Gasteiger partial charge in [-0.2, -0.15) is 0 Å². The van der Waals surface area contributed by atoms with Gasteiger partial charge in [0.05, 0.1) is 0 Å². The number of hydrogen-bond donors (Lipinski definition) is 1. The highest BCUT2D eigenvalue weighted by molar-refractivity contribution is 9.10. The maximum absolute atomic E-state index is 13.1. The first-order chi connectivity index (χ1) is 11.9. The number of nitrogens with one attached hydrogen (secondary N) is 1. The standard InChI is InChI=1S/C18H14BrF2NO3/c1-11(18(24)22-13-7-8-15(20)16(21)10-13)25-17(23)9-6-12-4-2-3-5-14(12)19/h2-11H,1H3,(H,22,24)/b9-6+/t11-/m1/s1. The molecule has 2 aromatic rings. The minimum absolute atomic E-state index is 0.0653. The van der Waals surface area contributed by atoms with Gasteiger partial charge in [0.2, 0.25) is 0 Å². The van der Waals surface area contributed by atoms with Crippen molar-refractivity contribution in [3.05, 3.63) is 70.2 Å². The van der Waals surface area contributed by atoms with E-state index in [1.807, 2.05) is 18.2 Å². The second-order valence-corrected chi connectivity index (χ2v) is 5.91. The minimum Gasteiger partial charge on any atom is -0.449 e. The fourth-order valence-corrected chi connectivity index (χ4v) is 2.27. The number of hydrogen-bond acceptors (Lipinski definition) is 3. The number of esters is 1. The predicted octanol–water partition coefficient (Wildman–Crippen LogP) is 4.31. The molecule has 25 heavy (non-hydrogen) atoms. The average molecular weight is 410 g/mol. The number of halogens is 3. The summed E-state index contributed by atoms with van der Waals surface area (Å²) in [6.45, 7) is 1.37. The molecule has 0 spiro atoms. The Morgan fingerprint density at radius 3 is 2.56 bits per heavy atom. The summed E-state index contributed by atoms with van der Waals surface area (Å²) in [6, 6.07) is 10.2. The summed E-state index contributed by atoms with van der Waals surface area (Å²) < 4.78 is 31.7. The maximum atomic E-state index is 13.1. The van der Waals surface area contributed by atoms with Crippen LogP contribution in [0, 0.1) is 11.6 Å². The van der Waals surface area contributed by atoms with Gasteiger partial charge in [-0.1, -0.05) is 34.1 Å². The number of rotatable bonds is 5. The monoisotopic (exact) mass is 409 g/mol. The number of anilines is 1. The molecule has 0 saturated carbocycles. The second-order valence-electron chi connectivity index (χ2n) is 5.05. The van der Waals surface area contributed by atoms with Gasteiger partial charge < -0.3 is 10.1 Å². The van der Waals surface area contributed by atoms with E-state index in [1.54, 1.807) is 12.1 Å². The third kappa shape index (κ3) is 5.49. The van der Waals surface area contributed by atoms with E-state index in [4.69, 9.17) is 4.74 Å². The van der Waals surface area contributed by atoms with Crippen molar-refractivity contribution in [2.75, 3.05) is 5.32 Å². The zero-order valence-corrected chi connectivity index (χ0v) is 14.7. The smallest absolute Gasteiger partial charge is 0.331 e. The molecule has 130 valence electrons. The largest absolute Gasteiger partial charge is 0.449 e. The van der Waals surface area contributed by atoms with Gasteiger partial charge in [0.15, 0.2) is 17.7 Å². The van der Waals surface area contributed by atoms with Crippen LogP contribution in [-0.2, 0) is 14.3 Å². The fraction of sp³-hybridized carbons (Fsp3) is 0.111. The van der Waals surface area contributed by atoms with Crippen molar-refractivity contribution in [2.24, 2.45) is 0 Å². The van der Waals surface area contributed by atoms with Crippen LogP contribution in [0.4, 0.5) is 14.5 Å². The third-order valence-corrected chi connectivity index (χ3v) is 3.88. The molecule has 0 aliphatic rings. The third-order valence-electron chi connectivity index (χ3n) is 3.15. The van der Waals surface area contributed by atoms with Gasteiger partial charge in [0.1, 0.15) is 0 Å². The van der Waals surface area contributed by atoms with Crippen molar-refractivity contribution >= 4 is 39.6 Å². The summed E-state index contributed by atoms with van der Waals surface area (Å²) >= 11 is 3.34. The first-order valence-corrected chi connectivity index (χ1v) is 8.05. The minimum atomic E-state index is -1.11. The normalized spacial score (nSPS) is 12.0. The van der Waals surface area contributed by atoms with Crippen molar-refractivity contribution in [1.82, 2.24) is 0 Å². The first-order valence-electron chi connectivity index (χ1n) is 7.26. The first kappa shape index (κ1) is 18.8. The van der Waals surface area contributed by atoms with Crippen molar-refractivity contribution in [2.45, 2.75) is 13.0 Å². The molecular weight excluding hydrogens is 396 g/mol. The topological polar surface area (TPSA) is 55.4 Å². The molecular formula is C18H14BrF2NO3. The summed E-state index contributed by atoms with van der Waals surface area (Å²) in [7, 11) is 0. The van der Waals surface area contributed by atoms with Crippen LogP contribution in [0.1, 0.15) is 12.5 Å². The van der Waals surface area contributed by atoms with E-state index in [2.05, 4.69) is 21.2 Å². The summed E-state index contributed by atoms with van der Waals surface area (Å²) in [6.07, 6.45) is 1.64. The van der Waals surface area contributed by atoms with Crippen LogP contribution < -0.4 is 5.32 Å². The molecule has 0 aliphatic carbocycles. The van der Waals surface area contributed by atoms with Gasteiger partial charge in [-0.05, 0) is 36.8 Å². The van der Waals surface area contributed by atoms with Crippen molar-refractivity contribution in [1.29, 1.82) is 0 Å². The van der Waals surface area contributed by atoms with Crippen molar-refractivity contribution in [3.63, 3.8) is 0 Å². The molecule has 0 unspecified atom stereocenters. The Labute approximate surface area is 151 Å². The van der Waals surface area contributed by atoms with Crippen LogP contribution in [0.5, 0.6) is 0 Å². The lowest BCUT2D eigenvalue weighted by Crippen LogP contribution is -2.29. The Hall–Kier alpha value is -2.54. The van der Waals surface area contributed by atoms with Gasteiger partial charge in [0, 0.05) is 22.3 Å². The van der Waals surface area contributed by atoms with E-state index in [-0.39, 0.29) is 5.69 Å². The van der Waals surface area contributed by atoms with Crippen molar-refractivity contribution in [3.8, 4) is 0 Å². The lowest BCUT2D eigenvalue weighted by atomic mass is 10.2. The molecule has 4 nitrogen and oxygen atoms in total. The molecule has 0 bridgehead atoms. The summed E-state index contributed by atoms with van der Waals surface area (Å²) in [5.41, 5.74) is 0.842. The molecule has 1 N–H and O–H groups in total. The molecule has 0 aromatic heterocycles. The van der Waals surface area contributed by atoms with E-state index >= 15 is 0 Å². The summed E-state index contributed by atoms with van der Waals surface area (Å²) in [5.74, 6) is -3.47. The zero-order chi connectivity index (χ0) is 18.4. The number of carbonyl (C=O) groups is 2. The van der Waals surface area contributed by atoms with Crippen LogP contribution in [0.25, 0.3) is 6.08 Å². The van der Waals surface area contributed by atoms with E-state index < -0.39 is 29.6 Å². The Bertz CT molecular complexity index is 824. The van der Waals surface area contributed by atoms with Gasteiger partial charge in [0.25, 0.3) is 5.91 Å². The highest BCUT2D eigenvalue weighted by atomic mass is 79.9. The number of benzene rings is 2. The highest BCUT2D eigenvalue weighted by Gasteiger charge is 2.17. The van der Waals surface area contributed by atoms with Gasteiger partial charge >= 0.3 is 5.97 Å². The Morgan fingerprint density at radius 2 is 1.88 bits per heavy atom. The quantitative estimate of drug-likeness (QED) is 0.591. The zero-order valence-electron chi connectivity index (χ0n) is 13.1. The average Bonchev–Trinajstić information content (AvgIpc) is 2.57. The van der Waals surface area contributed by atoms with E-state index in [1.165, 1.54) is 19.1 Å². The van der Waals surface area contributed by atoms with Crippen LogP contribution in [0.15, 0.2) is 53.0 Å². The van der Waals surface area contributed by atoms with Crippen LogP contribution >= 0.6 is 15.9 Å². The summed E-state index contributed by atoms with van der Waals surface area (Å²) in [5, 5.41) is 2.34. The Kier molecular flexibility index (Phi) is 6.41. The van der Waals surface area contributed by atoms with Crippen LogP contribution in [-0.4, -0.2) is 18.0 Å². The van der Waals surface area contributed by atoms with E-state index in [0.29, 0.717) is 0 Å². The molecule has 0 heterocycles. The molecule has 0 aliphatic heterocycles. The Morgan fingerprint density at radius 1 is 1.16 bits per heavy atom. The Balaban J connectivity index is 1.92. The number of ether oxygens (including phenoxy) is 1. The van der Waals surface area contributed by atoms with Crippen LogP contribution in [0.3, 0.4) is 0 Å². The van der Waals surface area contributed by atoms with Crippen LogP contribution in [0.2, 0.25) is 0 Å². The molecule has 1 atom stereocenters. The molecule has 2 aromatic carbocycles. The van der Waals surface area contributed by atoms with E-state index in [0.717, 1.165) is 22.2 Å². The van der Waals surface area contributed by atoms with Gasteiger partial charge in [-0.25, -0.2) is 13.6 Å². The molecule has 7 heteroatoms. The molecule has 0 radical (unpaired) electrons.